The molecule has 7 rings (SSSR count). The van der Waals surface area contributed by atoms with Crippen LogP contribution in [0.3, 0.4) is 0 Å². The molecular formula is C49H44F2N4O5S. The Balaban J connectivity index is 1.16. The molecule has 2 fully saturated rings. The monoisotopic (exact) mass is 838 g/mol. The Bertz CT molecular complexity index is 2520. The first kappa shape index (κ1) is 42.8. The molecule has 3 atom stereocenters. The van der Waals surface area contributed by atoms with Crippen LogP contribution in [-0.4, -0.2) is 64.7 Å². The van der Waals surface area contributed by atoms with Crippen LogP contribution in [0.25, 0.3) is 23.3 Å². The molecular weight excluding hydrogens is 795 g/mol. The molecule has 12 heteroatoms. The largest absolute Gasteiger partial charge is 0.341 e. The van der Waals surface area contributed by atoms with Crippen molar-refractivity contribution in [1.29, 1.82) is 0 Å². The van der Waals surface area contributed by atoms with E-state index in [4.69, 9.17) is 0 Å². The van der Waals surface area contributed by atoms with Crippen LogP contribution in [-0.2, 0) is 16.1 Å². The van der Waals surface area contributed by atoms with Gasteiger partial charge in [0.15, 0.2) is 11.6 Å². The summed E-state index contributed by atoms with van der Waals surface area (Å²) in [5.41, 5.74) is 4.29. The Kier molecular flexibility index (Phi) is 13.6. The molecule has 5 aromatic carbocycles. The molecule has 2 aliphatic heterocycles. The highest BCUT2D eigenvalue weighted by atomic mass is 32.2. The number of carbonyl (C=O) groups excluding carboxylic acids is 5. The van der Waals surface area contributed by atoms with Gasteiger partial charge in [0, 0.05) is 55.0 Å². The molecule has 0 bridgehead atoms. The molecule has 0 aromatic heterocycles. The van der Waals surface area contributed by atoms with Crippen LogP contribution in [0.15, 0.2) is 132 Å². The van der Waals surface area contributed by atoms with Gasteiger partial charge in [-0.3, -0.25) is 34.2 Å². The van der Waals surface area contributed by atoms with E-state index in [1.165, 1.54) is 18.2 Å². The maximum absolute atomic E-state index is 14.9. The summed E-state index contributed by atoms with van der Waals surface area (Å²) in [6.07, 6.45) is 4.99. The number of carbonyl (C=O) groups is 5. The Morgan fingerprint density at radius 1 is 0.836 bits per heavy atom. The summed E-state index contributed by atoms with van der Waals surface area (Å²) in [6, 6.07) is 32.5. The molecule has 1 unspecified atom stereocenters. The topological polar surface area (TPSA) is 125 Å². The standard InChI is InChI=1S/C49H44F2N4O5S/c1-30(2)28-55(29-34-12-6-7-13-37(34)33-10-4-3-5-11-33)36-26-42(52-27-36)45(47(58)39-15-9-8-14-38(39)46(57)40-22-21-35(50)25-41(40)51)53-44(56)23-20-31-16-18-32(19-17-31)24-43-48(59)54-49(60)61-43/h3-25,30,36,42,45,52H,26-29H2,1-2H3,(H,53,56)(H,54,59,60)/t36-,42+,45?/m1/s1. The summed E-state index contributed by atoms with van der Waals surface area (Å²) >= 11 is 0.820. The zero-order valence-electron chi connectivity index (χ0n) is 33.6. The lowest BCUT2D eigenvalue weighted by Gasteiger charge is -2.31. The maximum Gasteiger partial charge on any atom is 0.290 e. The molecule has 9 nitrogen and oxygen atoms in total. The second-order valence-electron chi connectivity index (χ2n) is 15.5. The van der Waals surface area contributed by atoms with Crippen molar-refractivity contribution in [2.75, 3.05) is 13.1 Å². The van der Waals surface area contributed by atoms with Gasteiger partial charge in [-0.05, 0) is 76.2 Å². The number of amides is 3. The lowest BCUT2D eigenvalue weighted by molar-refractivity contribution is -0.117. The van der Waals surface area contributed by atoms with Crippen LogP contribution in [0.2, 0.25) is 0 Å². The number of nitrogens with zero attached hydrogens (tertiary/aromatic N) is 1. The van der Waals surface area contributed by atoms with Gasteiger partial charge < -0.3 is 10.6 Å². The van der Waals surface area contributed by atoms with Gasteiger partial charge in [0.2, 0.25) is 5.91 Å². The van der Waals surface area contributed by atoms with Gasteiger partial charge in [0.25, 0.3) is 11.1 Å². The quantitative estimate of drug-likeness (QED) is 0.0709. The lowest BCUT2D eigenvalue weighted by Crippen LogP contribution is -2.52. The second kappa shape index (κ2) is 19.4. The zero-order valence-corrected chi connectivity index (χ0v) is 34.4. The average Bonchev–Trinajstić information content (AvgIpc) is 3.87. The van der Waals surface area contributed by atoms with Crippen LogP contribution in [0.5, 0.6) is 0 Å². The molecule has 0 saturated carbocycles. The minimum Gasteiger partial charge on any atom is -0.341 e. The first-order chi connectivity index (χ1) is 29.4. The fourth-order valence-corrected chi connectivity index (χ4v) is 8.43. The highest BCUT2D eigenvalue weighted by Crippen LogP contribution is 2.29. The summed E-state index contributed by atoms with van der Waals surface area (Å²) in [5.74, 6) is -3.91. The van der Waals surface area contributed by atoms with Crippen LogP contribution in [0.1, 0.15) is 63.2 Å². The van der Waals surface area contributed by atoms with Crippen LogP contribution in [0, 0.1) is 17.6 Å². The van der Waals surface area contributed by atoms with E-state index in [0.29, 0.717) is 42.6 Å². The van der Waals surface area contributed by atoms with Gasteiger partial charge in [-0.15, -0.1) is 0 Å². The molecule has 3 amide bonds. The third-order valence-corrected chi connectivity index (χ3v) is 11.4. The van der Waals surface area contributed by atoms with E-state index < -0.39 is 52.3 Å². The minimum atomic E-state index is -1.14. The Morgan fingerprint density at radius 2 is 1.52 bits per heavy atom. The van der Waals surface area contributed by atoms with E-state index in [-0.39, 0.29) is 27.6 Å². The third-order valence-electron chi connectivity index (χ3n) is 10.6. The number of ketones is 2. The van der Waals surface area contributed by atoms with Crippen molar-refractivity contribution in [3.05, 3.63) is 177 Å². The average molecular weight is 839 g/mol. The van der Waals surface area contributed by atoms with Crippen molar-refractivity contribution >= 4 is 52.5 Å². The fourth-order valence-electron chi connectivity index (χ4n) is 7.75. The Labute approximate surface area is 357 Å². The van der Waals surface area contributed by atoms with E-state index in [9.17, 15) is 32.8 Å². The van der Waals surface area contributed by atoms with Crippen molar-refractivity contribution in [3.63, 3.8) is 0 Å². The molecule has 2 heterocycles. The summed E-state index contributed by atoms with van der Waals surface area (Å²) in [4.78, 5) is 68.5. The second-order valence-corrected chi connectivity index (χ2v) is 16.5. The lowest BCUT2D eigenvalue weighted by atomic mass is 9.89. The number of thioether (sulfide) groups is 1. The van der Waals surface area contributed by atoms with Gasteiger partial charge >= 0.3 is 0 Å². The van der Waals surface area contributed by atoms with Crippen molar-refractivity contribution in [2.24, 2.45) is 5.92 Å². The predicted octanol–water partition coefficient (Wildman–Crippen LogP) is 8.46. The van der Waals surface area contributed by atoms with Crippen LogP contribution in [0.4, 0.5) is 13.6 Å². The van der Waals surface area contributed by atoms with Gasteiger partial charge in [0.05, 0.1) is 10.5 Å². The number of benzene rings is 5. The highest BCUT2D eigenvalue weighted by molar-refractivity contribution is 8.18. The number of halogens is 2. The Hall–Kier alpha value is -6.34. The van der Waals surface area contributed by atoms with Crippen molar-refractivity contribution in [1.82, 2.24) is 20.9 Å². The summed E-state index contributed by atoms with van der Waals surface area (Å²) < 4.78 is 28.7. The molecule has 0 radical (unpaired) electrons. The van der Waals surface area contributed by atoms with E-state index in [2.05, 4.69) is 59.0 Å². The van der Waals surface area contributed by atoms with E-state index in [1.54, 1.807) is 48.6 Å². The maximum atomic E-state index is 14.9. The van der Waals surface area contributed by atoms with Gasteiger partial charge in [-0.1, -0.05) is 117 Å². The number of hydrogen-bond donors (Lipinski definition) is 3. The van der Waals surface area contributed by atoms with Crippen LogP contribution < -0.4 is 16.0 Å². The van der Waals surface area contributed by atoms with E-state index >= 15 is 0 Å². The molecule has 61 heavy (non-hydrogen) atoms. The third kappa shape index (κ3) is 10.5. The predicted molar refractivity (Wildman–Crippen MR) is 234 cm³/mol. The summed E-state index contributed by atoms with van der Waals surface area (Å²) in [5, 5.41) is 8.23. The summed E-state index contributed by atoms with van der Waals surface area (Å²) in [7, 11) is 0. The number of rotatable bonds is 15. The van der Waals surface area contributed by atoms with E-state index in [1.807, 2.05) is 30.3 Å². The Morgan fingerprint density at radius 3 is 2.23 bits per heavy atom. The number of hydrogen-bond acceptors (Lipinski definition) is 8. The minimum absolute atomic E-state index is 0.00732. The van der Waals surface area contributed by atoms with Crippen molar-refractivity contribution in [2.45, 2.75) is 44.9 Å². The normalized spacial score (nSPS) is 17.6. The highest BCUT2D eigenvalue weighted by Gasteiger charge is 2.39. The molecule has 0 spiro atoms. The zero-order chi connectivity index (χ0) is 43.0. The molecule has 310 valence electrons. The SMILES string of the molecule is CC(C)CN(Cc1ccccc1-c1ccccc1)[C@H]1CN[C@H](C(NC(=O)C=Cc2ccc(C=C3SC(=O)NC3=O)cc2)C(=O)c2ccccc2C(=O)c2ccc(F)cc2F)C1. The summed E-state index contributed by atoms with van der Waals surface area (Å²) in [6.45, 7) is 6.27. The number of Topliss-reactive ketones (excluding diaryl/α,β-unsaturated/α-hetero) is 1. The molecule has 2 aliphatic rings. The van der Waals surface area contributed by atoms with Crippen molar-refractivity contribution < 1.29 is 32.8 Å². The van der Waals surface area contributed by atoms with Crippen LogP contribution >= 0.6 is 11.8 Å². The molecule has 3 N–H and O–H groups in total. The molecule has 5 aromatic rings. The van der Waals surface area contributed by atoms with Gasteiger partial charge in [-0.25, -0.2) is 8.78 Å². The first-order valence-electron chi connectivity index (χ1n) is 20.0. The smallest absolute Gasteiger partial charge is 0.290 e. The fraction of sp³-hybridized carbons (Fsp3) is 0.204. The van der Waals surface area contributed by atoms with Gasteiger partial charge in [-0.2, -0.15) is 0 Å². The first-order valence-corrected chi connectivity index (χ1v) is 20.8. The molecule has 2 saturated heterocycles. The number of imide groups is 1. The van der Waals surface area contributed by atoms with Gasteiger partial charge in [0.1, 0.15) is 17.7 Å². The molecule has 0 aliphatic carbocycles. The van der Waals surface area contributed by atoms with Crippen molar-refractivity contribution in [3.8, 4) is 11.1 Å². The van der Waals surface area contributed by atoms with E-state index in [0.717, 1.165) is 47.1 Å². The number of nitrogens with one attached hydrogen (secondary N) is 3.